The van der Waals surface area contributed by atoms with Crippen LogP contribution < -0.4 is 5.32 Å². The van der Waals surface area contributed by atoms with Gasteiger partial charge in [0.1, 0.15) is 0 Å². The van der Waals surface area contributed by atoms with Gasteiger partial charge < -0.3 is 10.3 Å². The Balaban J connectivity index is 2.08. The Morgan fingerprint density at radius 1 is 1.31 bits per heavy atom. The first-order valence-corrected chi connectivity index (χ1v) is 6.15. The van der Waals surface area contributed by atoms with E-state index in [9.17, 15) is 0 Å². The van der Waals surface area contributed by atoms with Gasteiger partial charge in [-0.1, -0.05) is 34.1 Å². The van der Waals surface area contributed by atoms with E-state index in [1.807, 2.05) is 6.07 Å². The average molecular weight is 278 g/mol. The molecule has 1 atom stereocenters. The Hall–Kier alpha value is -1.13. The molecule has 0 bridgehead atoms. The predicted octanol–water partition coefficient (Wildman–Crippen LogP) is 2.41. The molecule has 2 heterocycles. The number of nitrogens with zero attached hydrogens (tertiary/aromatic N) is 1. The van der Waals surface area contributed by atoms with Gasteiger partial charge in [0.05, 0.1) is 18.1 Å². The number of rotatable bonds is 1. The third-order valence-electron chi connectivity index (χ3n) is 2.96. The van der Waals surface area contributed by atoms with Crippen molar-refractivity contribution >= 4 is 15.9 Å². The lowest BCUT2D eigenvalue weighted by molar-refractivity contribution is 0.552. The number of halogens is 1. The Labute approximate surface area is 102 Å². The van der Waals surface area contributed by atoms with Gasteiger partial charge >= 0.3 is 0 Å². The van der Waals surface area contributed by atoms with E-state index in [-0.39, 0.29) is 6.04 Å². The molecule has 2 aromatic rings. The topological polar surface area (TPSA) is 40.7 Å². The Morgan fingerprint density at radius 2 is 2.19 bits per heavy atom. The van der Waals surface area contributed by atoms with Crippen LogP contribution in [-0.2, 0) is 6.42 Å². The quantitative estimate of drug-likeness (QED) is 0.841. The van der Waals surface area contributed by atoms with Gasteiger partial charge in [-0.2, -0.15) is 0 Å². The molecule has 0 saturated carbocycles. The third-order valence-corrected chi connectivity index (χ3v) is 3.69. The summed E-state index contributed by atoms with van der Waals surface area (Å²) in [5.74, 6) is 0. The summed E-state index contributed by atoms with van der Waals surface area (Å²) in [5, 5.41) is 3.51. The van der Waals surface area contributed by atoms with Crippen molar-refractivity contribution in [1.29, 1.82) is 0 Å². The number of aromatic nitrogens is 2. The molecule has 1 aliphatic rings. The SMILES string of the molecule is Brc1ccccc1C1NCCc2[nH]cnc21. The van der Waals surface area contributed by atoms with Gasteiger partial charge in [-0.3, -0.25) is 0 Å². The van der Waals surface area contributed by atoms with Gasteiger partial charge in [-0.15, -0.1) is 0 Å². The van der Waals surface area contributed by atoms with Crippen LogP contribution in [0.15, 0.2) is 35.1 Å². The smallest absolute Gasteiger partial charge is 0.0926 e. The van der Waals surface area contributed by atoms with Gasteiger partial charge in [-0.05, 0) is 11.6 Å². The molecule has 1 unspecified atom stereocenters. The minimum atomic E-state index is 0.200. The minimum absolute atomic E-state index is 0.200. The molecule has 3 nitrogen and oxygen atoms in total. The summed E-state index contributed by atoms with van der Waals surface area (Å²) in [5.41, 5.74) is 3.62. The molecule has 3 rings (SSSR count). The van der Waals surface area contributed by atoms with E-state index in [0.29, 0.717) is 0 Å². The van der Waals surface area contributed by atoms with Crippen molar-refractivity contribution < 1.29 is 0 Å². The Bertz CT molecular complexity index is 506. The van der Waals surface area contributed by atoms with Crippen LogP contribution in [0, 0.1) is 0 Å². The summed E-state index contributed by atoms with van der Waals surface area (Å²) in [4.78, 5) is 7.63. The number of hydrogen-bond donors (Lipinski definition) is 2. The first kappa shape index (κ1) is 10.1. The molecule has 0 saturated heterocycles. The highest BCUT2D eigenvalue weighted by atomic mass is 79.9. The van der Waals surface area contributed by atoms with Crippen LogP contribution in [0.4, 0.5) is 0 Å². The maximum Gasteiger partial charge on any atom is 0.0926 e. The van der Waals surface area contributed by atoms with Crippen LogP contribution in [0.1, 0.15) is 23.0 Å². The summed E-state index contributed by atoms with van der Waals surface area (Å²) < 4.78 is 1.13. The molecule has 82 valence electrons. The number of fused-ring (bicyclic) bond motifs is 1. The lowest BCUT2D eigenvalue weighted by atomic mass is 9.98. The second kappa shape index (κ2) is 4.03. The van der Waals surface area contributed by atoms with Gasteiger partial charge in [0.25, 0.3) is 0 Å². The zero-order chi connectivity index (χ0) is 11.0. The molecular formula is C12H12BrN3. The van der Waals surface area contributed by atoms with Gasteiger partial charge in [0, 0.05) is 23.1 Å². The van der Waals surface area contributed by atoms with Crippen LogP contribution in [-0.4, -0.2) is 16.5 Å². The highest BCUT2D eigenvalue weighted by molar-refractivity contribution is 9.10. The Morgan fingerprint density at radius 3 is 3.06 bits per heavy atom. The first-order valence-electron chi connectivity index (χ1n) is 5.36. The van der Waals surface area contributed by atoms with E-state index in [1.165, 1.54) is 11.3 Å². The second-order valence-electron chi connectivity index (χ2n) is 3.92. The summed E-state index contributed by atoms with van der Waals surface area (Å²) in [7, 11) is 0. The second-order valence-corrected chi connectivity index (χ2v) is 4.78. The fourth-order valence-electron chi connectivity index (χ4n) is 2.19. The fraction of sp³-hybridized carbons (Fsp3) is 0.250. The van der Waals surface area contributed by atoms with Crippen LogP contribution in [0.25, 0.3) is 0 Å². The van der Waals surface area contributed by atoms with Crippen molar-refractivity contribution in [2.75, 3.05) is 6.54 Å². The number of hydrogen-bond acceptors (Lipinski definition) is 2. The van der Waals surface area contributed by atoms with Crippen LogP contribution >= 0.6 is 15.9 Å². The first-order chi connectivity index (χ1) is 7.86. The van der Waals surface area contributed by atoms with E-state index >= 15 is 0 Å². The molecule has 16 heavy (non-hydrogen) atoms. The third kappa shape index (κ3) is 1.58. The number of benzene rings is 1. The van der Waals surface area contributed by atoms with Crippen LogP contribution in [0.3, 0.4) is 0 Å². The van der Waals surface area contributed by atoms with Crippen molar-refractivity contribution in [3.05, 3.63) is 52.0 Å². The van der Waals surface area contributed by atoms with Crippen molar-refractivity contribution in [3.63, 3.8) is 0 Å². The lowest BCUT2D eigenvalue weighted by Crippen LogP contribution is -2.30. The monoisotopic (exact) mass is 277 g/mol. The molecule has 0 radical (unpaired) electrons. The predicted molar refractivity (Wildman–Crippen MR) is 66.3 cm³/mol. The van der Waals surface area contributed by atoms with Gasteiger partial charge in [-0.25, -0.2) is 4.98 Å². The summed E-state index contributed by atoms with van der Waals surface area (Å²) in [6, 6.07) is 8.49. The highest BCUT2D eigenvalue weighted by Crippen LogP contribution is 2.30. The van der Waals surface area contributed by atoms with Gasteiger partial charge in [0.2, 0.25) is 0 Å². The molecule has 4 heteroatoms. The van der Waals surface area contributed by atoms with Gasteiger partial charge in [0.15, 0.2) is 0 Å². The van der Waals surface area contributed by atoms with Crippen molar-refractivity contribution in [1.82, 2.24) is 15.3 Å². The van der Waals surface area contributed by atoms with Crippen molar-refractivity contribution in [2.45, 2.75) is 12.5 Å². The van der Waals surface area contributed by atoms with E-state index in [2.05, 4.69) is 49.4 Å². The summed E-state index contributed by atoms with van der Waals surface area (Å²) in [6.45, 7) is 0.987. The Kier molecular flexibility index (Phi) is 2.53. The number of H-pyrrole nitrogens is 1. The molecular weight excluding hydrogens is 266 g/mol. The molecule has 1 aliphatic heterocycles. The normalized spacial score (nSPS) is 19.4. The molecule has 0 aliphatic carbocycles. The fourth-order valence-corrected chi connectivity index (χ4v) is 2.70. The zero-order valence-electron chi connectivity index (χ0n) is 8.70. The molecule has 0 amide bonds. The van der Waals surface area contributed by atoms with Crippen molar-refractivity contribution in [2.24, 2.45) is 0 Å². The molecule has 0 fully saturated rings. The number of nitrogens with one attached hydrogen (secondary N) is 2. The number of aromatic amines is 1. The molecule has 0 spiro atoms. The largest absolute Gasteiger partial charge is 0.348 e. The highest BCUT2D eigenvalue weighted by Gasteiger charge is 2.24. The van der Waals surface area contributed by atoms with Crippen LogP contribution in [0.2, 0.25) is 0 Å². The molecule has 1 aromatic heterocycles. The number of imidazole rings is 1. The average Bonchev–Trinajstić information content (AvgIpc) is 2.77. The zero-order valence-corrected chi connectivity index (χ0v) is 10.3. The van der Waals surface area contributed by atoms with E-state index in [0.717, 1.165) is 23.1 Å². The van der Waals surface area contributed by atoms with E-state index < -0.39 is 0 Å². The molecule has 1 aromatic carbocycles. The molecule has 2 N–H and O–H groups in total. The maximum atomic E-state index is 4.42. The van der Waals surface area contributed by atoms with Crippen molar-refractivity contribution in [3.8, 4) is 0 Å². The standard InChI is InChI=1S/C12H12BrN3/c13-9-4-2-1-3-8(9)11-12-10(5-6-14-11)15-7-16-12/h1-4,7,11,14H,5-6H2,(H,15,16). The lowest BCUT2D eigenvalue weighted by Gasteiger charge is -2.24. The van der Waals surface area contributed by atoms with E-state index in [1.54, 1.807) is 6.33 Å². The minimum Gasteiger partial charge on any atom is -0.348 e. The van der Waals surface area contributed by atoms with E-state index in [4.69, 9.17) is 0 Å². The summed E-state index contributed by atoms with van der Waals surface area (Å²) >= 11 is 3.59. The summed E-state index contributed by atoms with van der Waals surface area (Å²) in [6.07, 6.45) is 2.80. The van der Waals surface area contributed by atoms with Crippen LogP contribution in [0.5, 0.6) is 0 Å². The maximum absolute atomic E-state index is 4.42.